The smallest absolute Gasteiger partial charge is 0.404 e. The molecule has 0 fully saturated rings. The number of sulfone groups is 1. The van der Waals surface area contributed by atoms with Crippen LogP contribution in [0.3, 0.4) is 0 Å². The van der Waals surface area contributed by atoms with Gasteiger partial charge in [-0.3, -0.25) is 0 Å². The van der Waals surface area contributed by atoms with Gasteiger partial charge in [-0.05, 0) is 18.6 Å². The van der Waals surface area contributed by atoms with Gasteiger partial charge in [0, 0.05) is 0 Å². The van der Waals surface area contributed by atoms with E-state index < -0.39 is 15.9 Å². The minimum atomic E-state index is -3.29. The molecule has 0 saturated carbocycles. The number of hydrogen-bond acceptors (Lipinski definition) is 4. The molecule has 0 aromatic heterocycles. The molecule has 2 N–H and O–H groups in total. The minimum Gasteiger partial charge on any atom is -0.450 e. The van der Waals surface area contributed by atoms with E-state index in [-0.39, 0.29) is 23.7 Å². The van der Waals surface area contributed by atoms with E-state index in [2.05, 4.69) is 4.74 Å². The average molecular weight is 243 g/mol. The first-order valence-electron chi connectivity index (χ1n) is 4.72. The number of carbonyl (C=O) groups excluding carboxylic acids is 1. The number of benzene rings is 1. The quantitative estimate of drug-likeness (QED) is 0.780. The summed E-state index contributed by atoms with van der Waals surface area (Å²) in [6.45, 7) is 0.0153. The largest absolute Gasteiger partial charge is 0.450 e. The van der Waals surface area contributed by atoms with E-state index in [9.17, 15) is 13.2 Å². The Kier molecular flexibility index (Phi) is 4.30. The van der Waals surface area contributed by atoms with Gasteiger partial charge in [-0.2, -0.15) is 0 Å². The first kappa shape index (κ1) is 12.5. The summed E-state index contributed by atoms with van der Waals surface area (Å²) < 4.78 is 27.9. The fraction of sp³-hybridized carbons (Fsp3) is 0.300. The average Bonchev–Trinajstić information content (AvgIpc) is 2.26. The maximum Gasteiger partial charge on any atom is 0.404 e. The van der Waals surface area contributed by atoms with Gasteiger partial charge in [0.2, 0.25) is 0 Å². The molecule has 0 spiro atoms. The molecule has 1 rings (SSSR count). The van der Waals surface area contributed by atoms with Crippen LogP contribution in [0.1, 0.15) is 6.42 Å². The molecule has 5 nitrogen and oxygen atoms in total. The predicted octanol–water partition coefficient (Wildman–Crippen LogP) is 0.946. The summed E-state index contributed by atoms with van der Waals surface area (Å²) in [5, 5.41) is 0. The van der Waals surface area contributed by atoms with E-state index in [1.807, 2.05) is 0 Å². The number of amides is 1. The van der Waals surface area contributed by atoms with E-state index in [0.717, 1.165) is 0 Å². The van der Waals surface area contributed by atoms with Crippen LogP contribution in [0, 0.1) is 0 Å². The van der Waals surface area contributed by atoms with Gasteiger partial charge in [-0.25, -0.2) is 13.2 Å². The summed E-state index contributed by atoms with van der Waals surface area (Å²) in [5.41, 5.74) is 4.74. The van der Waals surface area contributed by atoms with E-state index in [4.69, 9.17) is 5.73 Å². The zero-order chi connectivity index (χ0) is 12.0. The van der Waals surface area contributed by atoms with Crippen molar-refractivity contribution >= 4 is 15.9 Å². The van der Waals surface area contributed by atoms with E-state index in [1.165, 1.54) is 12.1 Å². The van der Waals surface area contributed by atoms with Crippen LogP contribution < -0.4 is 5.73 Å². The highest BCUT2D eigenvalue weighted by molar-refractivity contribution is 7.91. The topological polar surface area (TPSA) is 86.5 Å². The summed E-state index contributed by atoms with van der Waals surface area (Å²) in [6.07, 6.45) is -0.655. The zero-order valence-corrected chi connectivity index (χ0v) is 9.44. The van der Waals surface area contributed by atoms with Crippen LogP contribution in [0.4, 0.5) is 4.79 Å². The number of carbonyl (C=O) groups is 1. The van der Waals surface area contributed by atoms with Crippen LogP contribution in [0.2, 0.25) is 0 Å². The summed E-state index contributed by atoms with van der Waals surface area (Å²) in [6, 6.07) is 8.13. The Bertz CT molecular complexity index is 441. The van der Waals surface area contributed by atoms with Crippen LogP contribution in [0.25, 0.3) is 0 Å². The van der Waals surface area contributed by atoms with Crippen molar-refractivity contribution < 1.29 is 17.9 Å². The third kappa shape index (κ3) is 3.90. The van der Waals surface area contributed by atoms with Crippen molar-refractivity contribution in [3.63, 3.8) is 0 Å². The van der Waals surface area contributed by atoms with Gasteiger partial charge >= 0.3 is 6.09 Å². The lowest BCUT2D eigenvalue weighted by molar-refractivity contribution is 0.157. The summed E-state index contributed by atoms with van der Waals surface area (Å²) >= 11 is 0. The Morgan fingerprint density at radius 1 is 1.25 bits per heavy atom. The SMILES string of the molecule is NC(=O)OCCCS(=O)(=O)c1ccccc1. The highest BCUT2D eigenvalue weighted by atomic mass is 32.2. The van der Waals surface area contributed by atoms with Gasteiger partial charge in [-0.15, -0.1) is 0 Å². The molecule has 0 unspecified atom stereocenters. The van der Waals surface area contributed by atoms with E-state index in [1.54, 1.807) is 18.2 Å². The Balaban J connectivity index is 2.51. The van der Waals surface area contributed by atoms with Gasteiger partial charge in [0.25, 0.3) is 0 Å². The van der Waals surface area contributed by atoms with Gasteiger partial charge in [0.15, 0.2) is 9.84 Å². The molecular weight excluding hydrogens is 230 g/mol. The van der Waals surface area contributed by atoms with Crippen LogP contribution in [0.5, 0.6) is 0 Å². The molecule has 0 radical (unpaired) electrons. The second-order valence-electron chi connectivity index (χ2n) is 3.15. The molecule has 1 amide bonds. The van der Waals surface area contributed by atoms with Crippen molar-refractivity contribution in [3.8, 4) is 0 Å². The molecule has 0 atom stereocenters. The lowest BCUT2D eigenvalue weighted by Gasteiger charge is -2.04. The van der Waals surface area contributed by atoms with Crippen molar-refractivity contribution in [2.24, 2.45) is 5.73 Å². The summed E-state index contributed by atoms with van der Waals surface area (Å²) in [7, 11) is -3.29. The molecule has 0 bridgehead atoms. The highest BCUT2D eigenvalue weighted by Crippen LogP contribution is 2.10. The first-order chi connectivity index (χ1) is 7.52. The molecule has 0 heterocycles. The lowest BCUT2D eigenvalue weighted by Crippen LogP contribution is -2.16. The maximum absolute atomic E-state index is 11.7. The summed E-state index contributed by atoms with van der Waals surface area (Å²) in [4.78, 5) is 10.5. The fourth-order valence-corrected chi connectivity index (χ4v) is 2.47. The molecule has 16 heavy (non-hydrogen) atoms. The Morgan fingerprint density at radius 3 is 2.44 bits per heavy atom. The fourth-order valence-electron chi connectivity index (χ4n) is 1.17. The number of primary amides is 1. The molecule has 6 heteroatoms. The van der Waals surface area contributed by atoms with Crippen molar-refractivity contribution in [1.29, 1.82) is 0 Å². The Hall–Kier alpha value is -1.56. The van der Waals surface area contributed by atoms with Crippen LogP contribution in [-0.2, 0) is 14.6 Å². The molecule has 0 saturated heterocycles. The number of hydrogen-bond donors (Lipinski definition) is 1. The minimum absolute atomic E-state index is 0.0153. The lowest BCUT2D eigenvalue weighted by atomic mass is 10.4. The molecular formula is C10H13NO4S. The van der Waals surface area contributed by atoms with Crippen molar-refractivity contribution in [2.75, 3.05) is 12.4 Å². The molecule has 1 aromatic carbocycles. The maximum atomic E-state index is 11.7. The number of ether oxygens (including phenoxy) is 1. The van der Waals surface area contributed by atoms with Gasteiger partial charge in [0.05, 0.1) is 17.3 Å². The Morgan fingerprint density at radius 2 is 1.88 bits per heavy atom. The van der Waals surface area contributed by atoms with Gasteiger partial charge in [-0.1, -0.05) is 18.2 Å². The summed E-state index contributed by atoms with van der Waals surface area (Å²) in [5.74, 6) is -0.0652. The third-order valence-electron chi connectivity index (χ3n) is 1.90. The molecule has 1 aromatic rings. The molecule has 88 valence electrons. The van der Waals surface area contributed by atoms with Crippen molar-refractivity contribution in [2.45, 2.75) is 11.3 Å². The molecule has 0 aliphatic heterocycles. The van der Waals surface area contributed by atoms with Gasteiger partial charge < -0.3 is 10.5 Å². The normalized spacial score (nSPS) is 11.0. The monoisotopic (exact) mass is 243 g/mol. The third-order valence-corrected chi connectivity index (χ3v) is 3.72. The number of rotatable bonds is 5. The predicted molar refractivity (Wildman–Crippen MR) is 58.6 cm³/mol. The standard InChI is InChI=1S/C10H13NO4S/c11-10(12)15-7-4-8-16(13,14)9-5-2-1-3-6-9/h1-3,5-6H,4,7-8H2,(H2,11,12). The first-order valence-corrected chi connectivity index (χ1v) is 6.37. The highest BCUT2D eigenvalue weighted by Gasteiger charge is 2.13. The molecule has 0 aliphatic rings. The number of nitrogens with two attached hydrogens (primary N) is 1. The Labute approximate surface area is 94.1 Å². The van der Waals surface area contributed by atoms with Crippen molar-refractivity contribution in [3.05, 3.63) is 30.3 Å². The van der Waals surface area contributed by atoms with E-state index >= 15 is 0 Å². The zero-order valence-electron chi connectivity index (χ0n) is 8.63. The second-order valence-corrected chi connectivity index (χ2v) is 5.26. The van der Waals surface area contributed by atoms with Crippen LogP contribution >= 0.6 is 0 Å². The second kappa shape index (κ2) is 5.50. The molecule has 0 aliphatic carbocycles. The van der Waals surface area contributed by atoms with Crippen molar-refractivity contribution in [1.82, 2.24) is 0 Å². The van der Waals surface area contributed by atoms with Gasteiger partial charge in [0.1, 0.15) is 0 Å². The van der Waals surface area contributed by atoms with Crippen LogP contribution in [-0.4, -0.2) is 26.9 Å². The van der Waals surface area contributed by atoms with Crippen LogP contribution in [0.15, 0.2) is 35.2 Å². The van der Waals surface area contributed by atoms with E-state index in [0.29, 0.717) is 0 Å².